The lowest BCUT2D eigenvalue weighted by molar-refractivity contribution is -0.155. The fourth-order valence-corrected chi connectivity index (χ4v) is 3.75. The van der Waals surface area contributed by atoms with Gasteiger partial charge in [0.25, 0.3) is 0 Å². The third-order valence-electron chi connectivity index (χ3n) is 5.98. The van der Waals surface area contributed by atoms with E-state index in [9.17, 15) is 9.59 Å². The summed E-state index contributed by atoms with van der Waals surface area (Å²) in [6, 6.07) is 0. The Labute approximate surface area is 181 Å². The molecule has 0 aliphatic rings. The Morgan fingerprint density at radius 3 is 1.52 bits per heavy atom. The van der Waals surface area contributed by atoms with Crippen LogP contribution in [0.4, 0.5) is 0 Å². The van der Waals surface area contributed by atoms with Crippen molar-refractivity contribution in [3.63, 3.8) is 0 Å². The number of ketones is 1. The van der Waals surface area contributed by atoms with E-state index in [-0.39, 0.29) is 5.78 Å². The van der Waals surface area contributed by atoms with E-state index in [1.165, 1.54) is 77.0 Å². The minimum Gasteiger partial charge on any atom is -0.460 e. The predicted molar refractivity (Wildman–Crippen MR) is 124 cm³/mol. The first kappa shape index (κ1) is 28.1. The molecule has 3 heteroatoms. The average Bonchev–Trinajstić information content (AvgIpc) is 2.73. The maximum Gasteiger partial charge on any atom is 0.374 e. The second-order valence-corrected chi connectivity index (χ2v) is 8.78. The van der Waals surface area contributed by atoms with E-state index in [0.717, 1.165) is 38.5 Å². The molecule has 0 aromatic carbocycles. The molecule has 172 valence electrons. The van der Waals surface area contributed by atoms with Crippen molar-refractivity contribution in [1.29, 1.82) is 0 Å². The number of hydrogen-bond donors (Lipinski definition) is 0. The first-order valence-corrected chi connectivity index (χ1v) is 12.9. The number of rotatable bonds is 22. The largest absolute Gasteiger partial charge is 0.460 e. The molecule has 0 saturated heterocycles. The molecule has 3 nitrogen and oxygen atoms in total. The lowest BCUT2D eigenvalue weighted by Crippen LogP contribution is -2.21. The molecule has 0 aromatic heterocycles. The molecule has 0 aromatic rings. The van der Waals surface area contributed by atoms with Crippen molar-refractivity contribution in [2.45, 2.75) is 143 Å². The van der Waals surface area contributed by atoms with Crippen molar-refractivity contribution in [3.8, 4) is 0 Å². The van der Waals surface area contributed by atoms with Gasteiger partial charge in [-0.15, -0.1) is 0 Å². The summed E-state index contributed by atoms with van der Waals surface area (Å²) in [5, 5.41) is 0. The summed E-state index contributed by atoms with van der Waals surface area (Å²) in [7, 11) is 0. The van der Waals surface area contributed by atoms with E-state index in [4.69, 9.17) is 4.74 Å². The molecule has 0 spiro atoms. The highest BCUT2D eigenvalue weighted by molar-refractivity contribution is 6.33. The molecule has 0 radical (unpaired) electrons. The minimum atomic E-state index is -0.616. The molecule has 0 aliphatic carbocycles. The van der Waals surface area contributed by atoms with Crippen LogP contribution in [0.1, 0.15) is 143 Å². The van der Waals surface area contributed by atoms with E-state index in [1.54, 1.807) is 0 Å². The normalized spacial score (nSPS) is 12.1. The van der Waals surface area contributed by atoms with Crippen LogP contribution in [0, 0.1) is 5.92 Å². The van der Waals surface area contributed by atoms with Gasteiger partial charge in [-0.25, -0.2) is 4.79 Å². The standard InChI is InChI=1S/C26H50O3/c1-4-7-9-10-11-12-13-14-15-16-17-18-19-20-22-25(27)26(28)29-23-24(6-3)21-8-5-2/h24H,4-23H2,1-3H3. The molecule has 0 amide bonds. The number of hydrogen-bond acceptors (Lipinski definition) is 3. The van der Waals surface area contributed by atoms with Gasteiger partial charge in [-0.1, -0.05) is 124 Å². The summed E-state index contributed by atoms with van der Waals surface area (Å²) in [5.74, 6) is -0.559. The van der Waals surface area contributed by atoms with Gasteiger partial charge in [-0.05, 0) is 18.8 Å². The van der Waals surface area contributed by atoms with Crippen molar-refractivity contribution < 1.29 is 14.3 Å². The molecule has 0 heterocycles. The van der Waals surface area contributed by atoms with Crippen LogP contribution in [0.2, 0.25) is 0 Å². The summed E-state index contributed by atoms with van der Waals surface area (Å²) in [4.78, 5) is 23.7. The van der Waals surface area contributed by atoms with Crippen molar-refractivity contribution in [1.82, 2.24) is 0 Å². The molecule has 0 rings (SSSR count). The monoisotopic (exact) mass is 410 g/mol. The third kappa shape index (κ3) is 18.9. The van der Waals surface area contributed by atoms with Gasteiger partial charge in [0.15, 0.2) is 0 Å². The zero-order chi connectivity index (χ0) is 21.6. The number of carbonyl (C=O) groups is 2. The second-order valence-electron chi connectivity index (χ2n) is 8.78. The van der Waals surface area contributed by atoms with Gasteiger partial charge in [0.05, 0.1) is 6.61 Å². The SMILES string of the molecule is CCCCCCCCCCCCCCCCC(=O)C(=O)OCC(CC)CCCC. The first-order chi connectivity index (χ1) is 14.2. The van der Waals surface area contributed by atoms with E-state index in [1.807, 2.05) is 0 Å². The van der Waals surface area contributed by atoms with Crippen LogP contribution in [0.25, 0.3) is 0 Å². The van der Waals surface area contributed by atoms with Crippen molar-refractivity contribution >= 4 is 11.8 Å². The van der Waals surface area contributed by atoms with Crippen LogP contribution in [-0.2, 0) is 14.3 Å². The lowest BCUT2D eigenvalue weighted by atomic mass is 10.0. The Morgan fingerprint density at radius 1 is 0.621 bits per heavy atom. The predicted octanol–water partition coefficient (Wildman–Crippen LogP) is 8.19. The summed E-state index contributed by atoms with van der Waals surface area (Å²) in [6.07, 6.45) is 22.8. The van der Waals surface area contributed by atoms with Crippen LogP contribution in [0.3, 0.4) is 0 Å². The summed E-state index contributed by atoms with van der Waals surface area (Å²) in [6.45, 7) is 6.95. The fourth-order valence-electron chi connectivity index (χ4n) is 3.75. The molecule has 1 atom stereocenters. The number of Topliss-reactive ketones (excluding diaryl/α,β-unsaturated/α-hetero) is 1. The Bertz CT molecular complexity index is 378. The van der Waals surface area contributed by atoms with Crippen LogP contribution < -0.4 is 0 Å². The average molecular weight is 411 g/mol. The minimum absolute atomic E-state index is 0.339. The highest BCUT2D eigenvalue weighted by Crippen LogP contribution is 2.15. The van der Waals surface area contributed by atoms with Crippen LogP contribution >= 0.6 is 0 Å². The fraction of sp³-hybridized carbons (Fsp3) is 0.923. The quantitative estimate of drug-likeness (QED) is 0.103. The van der Waals surface area contributed by atoms with Crippen molar-refractivity contribution in [2.75, 3.05) is 6.61 Å². The van der Waals surface area contributed by atoms with Crippen molar-refractivity contribution in [3.05, 3.63) is 0 Å². The zero-order valence-corrected chi connectivity index (χ0v) is 19.9. The molecule has 0 N–H and O–H groups in total. The van der Waals surface area contributed by atoms with E-state index in [0.29, 0.717) is 18.9 Å². The Balaban J connectivity index is 3.45. The molecule has 1 unspecified atom stereocenters. The maximum absolute atomic E-state index is 11.9. The smallest absolute Gasteiger partial charge is 0.374 e. The van der Waals surface area contributed by atoms with Crippen LogP contribution in [0.5, 0.6) is 0 Å². The van der Waals surface area contributed by atoms with Crippen LogP contribution in [0.15, 0.2) is 0 Å². The molecule has 0 fully saturated rings. The topological polar surface area (TPSA) is 43.4 Å². The van der Waals surface area contributed by atoms with Gasteiger partial charge in [0, 0.05) is 6.42 Å². The van der Waals surface area contributed by atoms with E-state index < -0.39 is 5.97 Å². The van der Waals surface area contributed by atoms with Gasteiger partial charge in [0.1, 0.15) is 0 Å². The summed E-state index contributed by atoms with van der Waals surface area (Å²) in [5.41, 5.74) is 0. The Morgan fingerprint density at radius 2 is 1.07 bits per heavy atom. The molecule has 0 saturated carbocycles. The van der Waals surface area contributed by atoms with Gasteiger partial charge in [-0.3, -0.25) is 4.79 Å². The number of ether oxygens (including phenoxy) is 1. The van der Waals surface area contributed by atoms with Crippen LogP contribution in [-0.4, -0.2) is 18.4 Å². The molecule has 0 aliphatic heterocycles. The van der Waals surface area contributed by atoms with Gasteiger partial charge in [0.2, 0.25) is 5.78 Å². The third-order valence-corrected chi connectivity index (χ3v) is 5.98. The maximum atomic E-state index is 11.9. The zero-order valence-electron chi connectivity index (χ0n) is 19.9. The van der Waals surface area contributed by atoms with E-state index >= 15 is 0 Å². The van der Waals surface area contributed by atoms with Gasteiger partial charge >= 0.3 is 5.97 Å². The van der Waals surface area contributed by atoms with Gasteiger partial charge in [-0.2, -0.15) is 0 Å². The molecular weight excluding hydrogens is 360 g/mol. The van der Waals surface area contributed by atoms with Gasteiger partial charge < -0.3 is 4.74 Å². The lowest BCUT2D eigenvalue weighted by Gasteiger charge is -2.14. The first-order valence-electron chi connectivity index (χ1n) is 12.9. The molecule has 0 bridgehead atoms. The number of unbranched alkanes of at least 4 members (excludes halogenated alkanes) is 14. The molecule has 29 heavy (non-hydrogen) atoms. The van der Waals surface area contributed by atoms with Crippen molar-refractivity contribution in [2.24, 2.45) is 5.92 Å². The second kappa shape index (κ2) is 21.8. The van der Waals surface area contributed by atoms with E-state index in [2.05, 4.69) is 20.8 Å². The molecular formula is C26H50O3. The summed E-state index contributed by atoms with van der Waals surface area (Å²) < 4.78 is 5.24. The Hall–Kier alpha value is -0.860. The Kier molecular flexibility index (Phi) is 21.2. The highest BCUT2D eigenvalue weighted by Gasteiger charge is 2.16. The number of esters is 1. The summed E-state index contributed by atoms with van der Waals surface area (Å²) >= 11 is 0. The highest BCUT2D eigenvalue weighted by atomic mass is 16.5. The number of carbonyl (C=O) groups excluding carboxylic acids is 2.